The van der Waals surface area contributed by atoms with Crippen molar-refractivity contribution in [1.82, 2.24) is 4.90 Å². The third-order valence-electron chi connectivity index (χ3n) is 6.45. The Kier molecular flexibility index (Phi) is 23.8. The Labute approximate surface area is 199 Å². The highest BCUT2D eigenvalue weighted by molar-refractivity contribution is 5.76. The molecule has 0 spiro atoms. The van der Waals surface area contributed by atoms with Gasteiger partial charge in [0.25, 0.3) is 0 Å². The number of carboxylic acids is 1. The lowest BCUT2D eigenvalue weighted by Gasteiger charge is -2.23. The summed E-state index contributed by atoms with van der Waals surface area (Å²) in [6, 6.07) is 0. The Morgan fingerprint density at radius 1 is 0.500 bits per heavy atom. The molecule has 0 aromatic rings. The Morgan fingerprint density at radius 3 is 1.25 bits per heavy atom. The molecule has 0 aliphatic rings. The van der Waals surface area contributed by atoms with Crippen LogP contribution in [0.1, 0.15) is 155 Å². The van der Waals surface area contributed by atoms with Gasteiger partial charge in [-0.2, -0.15) is 0 Å². The number of amides is 1. The molecule has 0 atom stereocenters. The molecule has 0 heterocycles. The van der Waals surface area contributed by atoms with Crippen molar-refractivity contribution in [2.75, 3.05) is 13.1 Å². The molecule has 0 rings (SSSR count). The molecule has 190 valence electrons. The smallest absolute Gasteiger partial charge is 0.303 e. The molecule has 0 unspecified atom stereocenters. The van der Waals surface area contributed by atoms with Crippen molar-refractivity contribution in [2.45, 2.75) is 155 Å². The topological polar surface area (TPSA) is 57.6 Å². The number of carbonyl (C=O) groups is 2. The van der Waals surface area contributed by atoms with Crippen LogP contribution in [0.25, 0.3) is 0 Å². The minimum Gasteiger partial charge on any atom is -0.481 e. The highest BCUT2D eigenvalue weighted by Gasteiger charge is 2.12. The van der Waals surface area contributed by atoms with E-state index in [1.807, 2.05) is 0 Å². The van der Waals surface area contributed by atoms with Gasteiger partial charge in [-0.3, -0.25) is 9.59 Å². The molecule has 0 radical (unpaired) electrons. The highest BCUT2D eigenvalue weighted by Crippen LogP contribution is 2.13. The monoisotopic (exact) mass is 453 g/mol. The number of hydrogen-bond acceptors (Lipinski definition) is 2. The van der Waals surface area contributed by atoms with Gasteiger partial charge in [-0.15, -0.1) is 0 Å². The zero-order valence-electron chi connectivity index (χ0n) is 21.7. The van der Waals surface area contributed by atoms with E-state index in [-0.39, 0.29) is 0 Å². The number of nitrogens with zero attached hydrogens (tertiary/aromatic N) is 1. The van der Waals surface area contributed by atoms with Gasteiger partial charge in [0.05, 0.1) is 0 Å². The third-order valence-corrected chi connectivity index (χ3v) is 6.45. The molecular weight excluding hydrogens is 398 g/mol. The van der Waals surface area contributed by atoms with Gasteiger partial charge in [-0.1, -0.05) is 117 Å². The molecule has 0 aliphatic heterocycles. The lowest BCUT2D eigenvalue weighted by molar-refractivity contribution is -0.137. The molecule has 1 N–H and O–H groups in total. The molecular formula is C28H55NO3. The fraction of sp³-hybridized carbons (Fsp3) is 0.929. The molecule has 4 heteroatoms. The Hall–Kier alpha value is -1.06. The van der Waals surface area contributed by atoms with Crippen molar-refractivity contribution in [2.24, 2.45) is 0 Å². The number of carbonyl (C=O) groups excluding carboxylic acids is 1. The number of aliphatic carboxylic acids is 1. The van der Waals surface area contributed by atoms with E-state index in [0.29, 0.717) is 18.7 Å². The molecule has 1 amide bonds. The van der Waals surface area contributed by atoms with Crippen molar-refractivity contribution in [3.8, 4) is 0 Å². The normalized spacial score (nSPS) is 11.1. The summed E-state index contributed by atoms with van der Waals surface area (Å²) in [6.07, 6.45) is 25.1. The zero-order valence-corrected chi connectivity index (χ0v) is 21.7. The summed E-state index contributed by atoms with van der Waals surface area (Å²) >= 11 is 0. The van der Waals surface area contributed by atoms with Crippen molar-refractivity contribution in [3.05, 3.63) is 0 Å². The number of carboxylic acid groups (broad SMARTS) is 1. The van der Waals surface area contributed by atoms with Gasteiger partial charge < -0.3 is 10.0 Å². The fourth-order valence-corrected chi connectivity index (χ4v) is 4.30. The first-order valence-corrected chi connectivity index (χ1v) is 14.1. The summed E-state index contributed by atoms with van der Waals surface area (Å²) in [5, 5.41) is 8.65. The van der Waals surface area contributed by atoms with Crippen LogP contribution in [-0.4, -0.2) is 35.0 Å². The highest BCUT2D eigenvalue weighted by atomic mass is 16.4. The molecule has 0 aromatic carbocycles. The Bertz CT molecular complexity index is 409. The largest absolute Gasteiger partial charge is 0.481 e. The van der Waals surface area contributed by atoms with Crippen LogP contribution in [0.15, 0.2) is 0 Å². The SMILES string of the molecule is CCCCCCCCN(CCCCCCCC)C(=O)CCCCCCCCCCC(=O)O. The molecule has 0 aromatic heterocycles. The second-order valence-electron chi connectivity index (χ2n) is 9.64. The van der Waals surface area contributed by atoms with E-state index < -0.39 is 5.97 Å². The predicted octanol–water partition coefficient (Wildman–Crippen LogP) is 8.52. The summed E-state index contributed by atoms with van der Waals surface area (Å²) in [4.78, 5) is 25.5. The minimum absolute atomic E-state index is 0.302. The van der Waals surface area contributed by atoms with Crippen molar-refractivity contribution < 1.29 is 14.7 Å². The lowest BCUT2D eigenvalue weighted by Crippen LogP contribution is -2.32. The second kappa shape index (κ2) is 24.6. The number of rotatable bonds is 25. The molecule has 0 fully saturated rings. The number of unbranched alkanes of at least 4 members (excludes halogenated alkanes) is 17. The summed E-state index contributed by atoms with van der Waals surface area (Å²) < 4.78 is 0. The first kappa shape index (κ1) is 30.9. The first-order chi connectivity index (χ1) is 15.6. The molecule has 0 bridgehead atoms. The summed E-state index contributed by atoms with van der Waals surface area (Å²) in [5.74, 6) is -0.308. The van der Waals surface area contributed by atoms with Gasteiger partial charge in [0.1, 0.15) is 0 Å². The van der Waals surface area contributed by atoms with Gasteiger partial charge in [0, 0.05) is 25.9 Å². The molecule has 32 heavy (non-hydrogen) atoms. The molecule has 4 nitrogen and oxygen atoms in total. The van der Waals surface area contributed by atoms with Crippen LogP contribution in [-0.2, 0) is 9.59 Å². The van der Waals surface area contributed by atoms with Crippen LogP contribution >= 0.6 is 0 Å². The van der Waals surface area contributed by atoms with E-state index >= 15 is 0 Å². The standard InChI is InChI=1S/C28H55NO3/c1-3-5-7-9-17-21-25-29(26-22-18-10-8-6-4-2)27(30)23-19-15-13-11-12-14-16-20-24-28(31)32/h3-26H2,1-2H3,(H,31,32). The van der Waals surface area contributed by atoms with Crippen molar-refractivity contribution in [3.63, 3.8) is 0 Å². The van der Waals surface area contributed by atoms with Crippen LogP contribution in [0, 0.1) is 0 Å². The predicted molar refractivity (Wildman–Crippen MR) is 137 cm³/mol. The maximum atomic E-state index is 12.8. The van der Waals surface area contributed by atoms with E-state index in [1.165, 1.54) is 83.5 Å². The quantitative estimate of drug-likeness (QED) is 0.141. The van der Waals surface area contributed by atoms with Crippen molar-refractivity contribution in [1.29, 1.82) is 0 Å². The molecule has 0 saturated heterocycles. The lowest BCUT2D eigenvalue weighted by atomic mass is 10.1. The van der Waals surface area contributed by atoms with E-state index in [1.54, 1.807) is 0 Å². The Balaban J connectivity index is 3.95. The van der Waals surface area contributed by atoms with Gasteiger partial charge in [-0.05, 0) is 25.7 Å². The third kappa shape index (κ3) is 22.1. The fourth-order valence-electron chi connectivity index (χ4n) is 4.30. The van der Waals surface area contributed by atoms with E-state index in [0.717, 1.165) is 58.0 Å². The Morgan fingerprint density at radius 2 is 0.844 bits per heavy atom. The van der Waals surface area contributed by atoms with Crippen LogP contribution < -0.4 is 0 Å². The van der Waals surface area contributed by atoms with Crippen LogP contribution in [0.3, 0.4) is 0 Å². The maximum Gasteiger partial charge on any atom is 0.303 e. The van der Waals surface area contributed by atoms with E-state index in [4.69, 9.17) is 5.11 Å². The molecule has 0 saturated carbocycles. The van der Waals surface area contributed by atoms with Crippen LogP contribution in [0.5, 0.6) is 0 Å². The average molecular weight is 454 g/mol. The van der Waals surface area contributed by atoms with Crippen LogP contribution in [0.2, 0.25) is 0 Å². The van der Waals surface area contributed by atoms with E-state index in [9.17, 15) is 9.59 Å². The minimum atomic E-state index is -0.684. The van der Waals surface area contributed by atoms with E-state index in [2.05, 4.69) is 18.7 Å². The van der Waals surface area contributed by atoms with Crippen molar-refractivity contribution >= 4 is 11.9 Å². The van der Waals surface area contributed by atoms with Gasteiger partial charge >= 0.3 is 5.97 Å². The summed E-state index contributed by atoms with van der Waals surface area (Å²) in [7, 11) is 0. The molecule has 0 aliphatic carbocycles. The first-order valence-electron chi connectivity index (χ1n) is 14.1. The van der Waals surface area contributed by atoms with Gasteiger partial charge in [0.15, 0.2) is 0 Å². The summed E-state index contributed by atoms with van der Waals surface area (Å²) in [6.45, 7) is 6.42. The van der Waals surface area contributed by atoms with Crippen LogP contribution in [0.4, 0.5) is 0 Å². The number of hydrogen-bond donors (Lipinski definition) is 1. The second-order valence-corrected chi connectivity index (χ2v) is 9.64. The zero-order chi connectivity index (χ0) is 23.7. The summed E-state index contributed by atoms with van der Waals surface area (Å²) in [5.41, 5.74) is 0. The van der Waals surface area contributed by atoms with Gasteiger partial charge in [-0.25, -0.2) is 0 Å². The maximum absolute atomic E-state index is 12.8. The average Bonchev–Trinajstić information content (AvgIpc) is 2.77. The van der Waals surface area contributed by atoms with Gasteiger partial charge in [0.2, 0.25) is 5.91 Å².